The number of rotatable bonds is 9. The second-order valence-electron chi connectivity index (χ2n) is 5.34. The number of ether oxygens (including phenoxy) is 2. The van der Waals surface area contributed by atoms with Crippen LogP contribution in [-0.2, 0) is 11.2 Å². The van der Waals surface area contributed by atoms with Gasteiger partial charge in [0.1, 0.15) is 5.75 Å². The van der Waals surface area contributed by atoms with Crippen molar-refractivity contribution in [3.8, 4) is 5.75 Å². The van der Waals surface area contributed by atoms with E-state index in [1.165, 1.54) is 11.1 Å². The van der Waals surface area contributed by atoms with Gasteiger partial charge in [0.15, 0.2) is 0 Å². The molecule has 1 aromatic carbocycles. The lowest BCUT2D eigenvalue weighted by Crippen LogP contribution is -2.24. The zero-order chi connectivity index (χ0) is 14.2. The number of nitrogens with one attached hydrogen (secondary N) is 1. The van der Waals surface area contributed by atoms with Crippen molar-refractivity contribution in [3.63, 3.8) is 0 Å². The van der Waals surface area contributed by atoms with Gasteiger partial charge < -0.3 is 14.8 Å². The minimum Gasteiger partial charge on any atom is -0.493 e. The SMILES string of the molecule is CCCNC(CCOCCC)c1cccc2c1OCC2. The number of benzene rings is 1. The average Bonchev–Trinajstić information content (AvgIpc) is 2.95. The van der Waals surface area contributed by atoms with Gasteiger partial charge in [0.2, 0.25) is 0 Å². The summed E-state index contributed by atoms with van der Waals surface area (Å²) in [6.45, 7) is 7.85. The first-order chi connectivity index (χ1) is 9.86. The molecule has 1 aromatic rings. The van der Waals surface area contributed by atoms with Crippen LogP contribution in [-0.4, -0.2) is 26.4 Å². The van der Waals surface area contributed by atoms with Crippen molar-refractivity contribution < 1.29 is 9.47 Å². The minimum atomic E-state index is 0.333. The second kappa shape index (κ2) is 8.28. The molecule has 0 bridgehead atoms. The van der Waals surface area contributed by atoms with Gasteiger partial charge in [-0.1, -0.05) is 32.0 Å². The van der Waals surface area contributed by atoms with E-state index in [4.69, 9.17) is 9.47 Å². The minimum absolute atomic E-state index is 0.333. The van der Waals surface area contributed by atoms with Gasteiger partial charge in [0.25, 0.3) is 0 Å². The molecule has 0 saturated heterocycles. The van der Waals surface area contributed by atoms with Crippen LogP contribution >= 0.6 is 0 Å². The van der Waals surface area contributed by atoms with Crippen LogP contribution in [0.2, 0.25) is 0 Å². The maximum absolute atomic E-state index is 5.84. The first-order valence-electron chi connectivity index (χ1n) is 7.92. The van der Waals surface area contributed by atoms with E-state index in [1.54, 1.807) is 0 Å². The Morgan fingerprint density at radius 3 is 2.95 bits per heavy atom. The molecule has 3 heteroatoms. The number of hydrogen-bond donors (Lipinski definition) is 1. The summed E-state index contributed by atoms with van der Waals surface area (Å²) in [5.74, 6) is 1.11. The Morgan fingerprint density at radius 2 is 2.15 bits per heavy atom. The summed E-state index contributed by atoms with van der Waals surface area (Å²) in [4.78, 5) is 0. The van der Waals surface area contributed by atoms with E-state index in [0.717, 1.165) is 57.8 Å². The summed E-state index contributed by atoms with van der Waals surface area (Å²) in [5, 5.41) is 3.63. The van der Waals surface area contributed by atoms with Crippen LogP contribution in [0.15, 0.2) is 18.2 Å². The second-order valence-corrected chi connectivity index (χ2v) is 5.34. The Kier molecular flexibility index (Phi) is 6.34. The Morgan fingerprint density at radius 1 is 1.25 bits per heavy atom. The van der Waals surface area contributed by atoms with Crippen LogP contribution < -0.4 is 10.1 Å². The van der Waals surface area contributed by atoms with Gasteiger partial charge in [0.05, 0.1) is 6.61 Å². The van der Waals surface area contributed by atoms with Crippen LogP contribution in [0.1, 0.15) is 50.3 Å². The molecule has 112 valence electrons. The number of para-hydroxylation sites is 1. The molecule has 1 aliphatic heterocycles. The van der Waals surface area contributed by atoms with Crippen molar-refractivity contribution >= 4 is 0 Å². The Bertz CT molecular complexity index is 406. The maximum Gasteiger partial charge on any atom is 0.127 e. The predicted octanol–water partition coefficient (Wildman–Crippen LogP) is 3.48. The molecule has 0 aliphatic carbocycles. The Hall–Kier alpha value is -1.06. The van der Waals surface area contributed by atoms with Crippen LogP contribution in [0.25, 0.3) is 0 Å². The largest absolute Gasteiger partial charge is 0.493 e. The van der Waals surface area contributed by atoms with E-state index >= 15 is 0 Å². The van der Waals surface area contributed by atoms with Gasteiger partial charge in [-0.2, -0.15) is 0 Å². The standard InChI is InChI=1S/C17H27NO2/c1-3-10-18-16(9-12-19-11-4-2)15-7-5-6-14-8-13-20-17(14)15/h5-7,16,18H,3-4,8-13H2,1-2H3. The fourth-order valence-corrected chi connectivity index (χ4v) is 2.65. The molecule has 1 heterocycles. The molecule has 1 unspecified atom stereocenters. The van der Waals surface area contributed by atoms with E-state index < -0.39 is 0 Å². The van der Waals surface area contributed by atoms with Crippen molar-refractivity contribution in [2.24, 2.45) is 0 Å². The van der Waals surface area contributed by atoms with Gasteiger partial charge in [-0.05, 0) is 31.4 Å². The third-order valence-corrected chi connectivity index (χ3v) is 3.66. The van der Waals surface area contributed by atoms with E-state index in [9.17, 15) is 0 Å². The van der Waals surface area contributed by atoms with E-state index in [2.05, 4.69) is 37.4 Å². The molecule has 0 radical (unpaired) electrons. The molecule has 0 fully saturated rings. The topological polar surface area (TPSA) is 30.5 Å². The molecular formula is C17H27NO2. The molecule has 1 atom stereocenters. The molecule has 0 spiro atoms. The zero-order valence-electron chi connectivity index (χ0n) is 12.8. The molecule has 0 saturated carbocycles. The van der Waals surface area contributed by atoms with Gasteiger partial charge >= 0.3 is 0 Å². The highest BCUT2D eigenvalue weighted by Gasteiger charge is 2.21. The smallest absolute Gasteiger partial charge is 0.127 e. The number of fused-ring (bicyclic) bond motifs is 1. The van der Waals surface area contributed by atoms with Crippen LogP contribution in [0.3, 0.4) is 0 Å². The van der Waals surface area contributed by atoms with Gasteiger partial charge in [-0.3, -0.25) is 0 Å². The molecule has 0 aromatic heterocycles. The van der Waals surface area contributed by atoms with Crippen molar-refractivity contribution in [1.29, 1.82) is 0 Å². The Labute approximate surface area is 122 Å². The maximum atomic E-state index is 5.84. The van der Waals surface area contributed by atoms with Gasteiger partial charge in [-0.15, -0.1) is 0 Å². The fraction of sp³-hybridized carbons (Fsp3) is 0.647. The highest BCUT2D eigenvalue weighted by atomic mass is 16.5. The molecule has 2 rings (SSSR count). The van der Waals surface area contributed by atoms with Crippen LogP contribution in [0.5, 0.6) is 5.75 Å². The van der Waals surface area contributed by atoms with Crippen LogP contribution in [0, 0.1) is 0 Å². The molecule has 0 amide bonds. The summed E-state index contributed by atoms with van der Waals surface area (Å²) in [7, 11) is 0. The van der Waals surface area contributed by atoms with Crippen LogP contribution in [0.4, 0.5) is 0 Å². The quantitative estimate of drug-likeness (QED) is 0.701. The third kappa shape index (κ3) is 3.97. The van der Waals surface area contributed by atoms with E-state index in [1.807, 2.05) is 0 Å². The van der Waals surface area contributed by atoms with Crippen molar-refractivity contribution in [3.05, 3.63) is 29.3 Å². The molecule has 20 heavy (non-hydrogen) atoms. The number of hydrogen-bond acceptors (Lipinski definition) is 3. The lowest BCUT2D eigenvalue weighted by molar-refractivity contribution is 0.124. The summed E-state index contributed by atoms with van der Waals surface area (Å²) in [5.41, 5.74) is 2.65. The first kappa shape index (κ1) is 15.3. The molecule has 1 aliphatic rings. The van der Waals surface area contributed by atoms with E-state index in [-0.39, 0.29) is 0 Å². The summed E-state index contributed by atoms with van der Waals surface area (Å²) in [6, 6.07) is 6.85. The molecular weight excluding hydrogens is 250 g/mol. The van der Waals surface area contributed by atoms with Gasteiger partial charge in [0, 0.05) is 31.2 Å². The van der Waals surface area contributed by atoms with Crippen molar-refractivity contribution in [1.82, 2.24) is 5.32 Å². The summed E-state index contributed by atoms with van der Waals surface area (Å²) in [6.07, 6.45) is 4.26. The Balaban J connectivity index is 2.03. The van der Waals surface area contributed by atoms with Gasteiger partial charge in [-0.25, -0.2) is 0 Å². The predicted molar refractivity (Wildman–Crippen MR) is 82.4 cm³/mol. The lowest BCUT2D eigenvalue weighted by atomic mass is 9.99. The summed E-state index contributed by atoms with van der Waals surface area (Å²) < 4.78 is 11.5. The average molecular weight is 277 g/mol. The van der Waals surface area contributed by atoms with Crippen molar-refractivity contribution in [2.75, 3.05) is 26.4 Å². The highest BCUT2D eigenvalue weighted by molar-refractivity contribution is 5.45. The third-order valence-electron chi connectivity index (χ3n) is 3.66. The molecule has 1 N–H and O–H groups in total. The fourth-order valence-electron chi connectivity index (χ4n) is 2.65. The van der Waals surface area contributed by atoms with Crippen molar-refractivity contribution in [2.45, 2.75) is 45.6 Å². The monoisotopic (exact) mass is 277 g/mol. The molecule has 3 nitrogen and oxygen atoms in total. The highest BCUT2D eigenvalue weighted by Crippen LogP contribution is 2.34. The summed E-state index contributed by atoms with van der Waals surface area (Å²) >= 11 is 0. The zero-order valence-corrected chi connectivity index (χ0v) is 12.8. The normalized spacial score (nSPS) is 14.9. The lowest BCUT2D eigenvalue weighted by Gasteiger charge is -2.21. The van der Waals surface area contributed by atoms with E-state index in [0.29, 0.717) is 6.04 Å². The first-order valence-corrected chi connectivity index (χ1v) is 7.92.